The average Bonchev–Trinajstić information content (AvgIpc) is 3.20. The molecule has 2 aromatic carbocycles. The largest absolute Gasteiger partial charge is 0.504 e. The van der Waals surface area contributed by atoms with Gasteiger partial charge in [0.05, 0.1) is 18.9 Å². The van der Waals surface area contributed by atoms with Gasteiger partial charge in [-0.15, -0.1) is 0 Å². The van der Waals surface area contributed by atoms with Crippen LogP contribution in [0.4, 0.5) is 0 Å². The van der Waals surface area contributed by atoms with Gasteiger partial charge < -0.3 is 14.9 Å². The molecule has 144 valence electrons. The summed E-state index contributed by atoms with van der Waals surface area (Å²) in [5.41, 5.74) is -1.17. The summed E-state index contributed by atoms with van der Waals surface area (Å²) < 4.78 is 5.13. The Morgan fingerprint density at radius 3 is 2.43 bits per heavy atom. The van der Waals surface area contributed by atoms with E-state index in [1.807, 2.05) is 0 Å². The van der Waals surface area contributed by atoms with E-state index >= 15 is 0 Å². The number of phenolic OH excluding ortho intramolecular Hbond substituents is 1. The minimum atomic E-state index is -1.82. The van der Waals surface area contributed by atoms with Gasteiger partial charge in [-0.2, -0.15) is 0 Å². The highest BCUT2D eigenvalue weighted by molar-refractivity contribution is 6.09. The second-order valence-electron chi connectivity index (χ2n) is 6.86. The molecule has 4 N–H and O–H groups in total. The molecule has 8 heteroatoms. The first-order valence-corrected chi connectivity index (χ1v) is 8.69. The molecule has 0 aromatic heterocycles. The molecular weight excluding hydrogens is 364 g/mol. The second kappa shape index (κ2) is 6.35. The van der Waals surface area contributed by atoms with Crippen LogP contribution in [0.15, 0.2) is 48.5 Å². The van der Waals surface area contributed by atoms with Gasteiger partial charge in [0.15, 0.2) is 17.0 Å². The molecule has 0 spiro atoms. The van der Waals surface area contributed by atoms with E-state index < -0.39 is 41.2 Å². The standard InChI is InChI=1S/C20H18N2O6/c1-28-12-9-5-8-11(16(12)23)15-13-14(18(25)21-17(13)24)20(22-15,19(26)27)10-6-3-2-4-7-10/h2-9,13-15,22-23H,1H3,(H,26,27)(H,21,24,25). The maximum atomic E-state index is 12.6. The Kier molecular flexibility index (Phi) is 4.08. The molecule has 2 fully saturated rings. The van der Waals surface area contributed by atoms with E-state index in [4.69, 9.17) is 4.74 Å². The van der Waals surface area contributed by atoms with Crippen molar-refractivity contribution in [2.45, 2.75) is 11.6 Å². The Hall–Kier alpha value is -3.39. The molecule has 4 unspecified atom stereocenters. The number of carboxylic acid groups (broad SMARTS) is 1. The zero-order valence-corrected chi connectivity index (χ0v) is 14.9. The number of aliphatic carboxylic acids is 1. The number of hydrogen-bond donors (Lipinski definition) is 4. The van der Waals surface area contributed by atoms with Crippen LogP contribution in [0, 0.1) is 11.8 Å². The normalized spacial score (nSPS) is 28.7. The first-order chi connectivity index (χ1) is 13.4. The minimum absolute atomic E-state index is 0.188. The van der Waals surface area contributed by atoms with E-state index in [0.29, 0.717) is 11.1 Å². The highest BCUT2D eigenvalue weighted by atomic mass is 16.5. The van der Waals surface area contributed by atoms with Crippen LogP contribution < -0.4 is 15.4 Å². The summed E-state index contributed by atoms with van der Waals surface area (Å²) >= 11 is 0. The summed E-state index contributed by atoms with van der Waals surface area (Å²) in [6.07, 6.45) is 0. The van der Waals surface area contributed by atoms with Crippen molar-refractivity contribution in [2.75, 3.05) is 7.11 Å². The number of phenols is 1. The predicted octanol–water partition coefficient (Wildman–Crippen LogP) is 0.914. The number of imide groups is 1. The van der Waals surface area contributed by atoms with E-state index in [0.717, 1.165) is 0 Å². The number of benzene rings is 2. The number of aromatic hydroxyl groups is 1. The summed E-state index contributed by atoms with van der Waals surface area (Å²) in [7, 11) is 1.39. The third-order valence-corrected chi connectivity index (χ3v) is 5.55. The Morgan fingerprint density at radius 2 is 1.79 bits per heavy atom. The zero-order valence-electron chi connectivity index (χ0n) is 14.9. The van der Waals surface area contributed by atoms with E-state index in [1.165, 1.54) is 7.11 Å². The Balaban J connectivity index is 1.93. The van der Waals surface area contributed by atoms with Crippen molar-refractivity contribution in [1.29, 1.82) is 0 Å². The van der Waals surface area contributed by atoms with Crippen molar-refractivity contribution in [3.05, 3.63) is 59.7 Å². The molecule has 0 radical (unpaired) electrons. The minimum Gasteiger partial charge on any atom is -0.504 e. The van der Waals surface area contributed by atoms with Gasteiger partial charge >= 0.3 is 5.97 Å². The molecule has 2 aliphatic heterocycles. The summed E-state index contributed by atoms with van der Waals surface area (Å²) in [6, 6.07) is 12.1. The fourth-order valence-electron chi connectivity index (χ4n) is 4.34. The predicted molar refractivity (Wildman–Crippen MR) is 96.4 cm³/mol. The number of ether oxygens (including phenoxy) is 1. The number of fused-ring (bicyclic) bond motifs is 1. The Morgan fingerprint density at radius 1 is 1.07 bits per heavy atom. The van der Waals surface area contributed by atoms with Crippen LogP contribution in [0.2, 0.25) is 0 Å². The van der Waals surface area contributed by atoms with E-state index in [9.17, 15) is 24.6 Å². The van der Waals surface area contributed by atoms with Gasteiger partial charge in [0.25, 0.3) is 0 Å². The average molecular weight is 382 g/mol. The van der Waals surface area contributed by atoms with E-state index in [2.05, 4.69) is 10.6 Å². The van der Waals surface area contributed by atoms with Crippen molar-refractivity contribution in [1.82, 2.24) is 10.6 Å². The van der Waals surface area contributed by atoms with Gasteiger partial charge in [0.1, 0.15) is 0 Å². The molecule has 2 aromatic rings. The van der Waals surface area contributed by atoms with Gasteiger partial charge in [-0.25, -0.2) is 4.79 Å². The first-order valence-electron chi connectivity index (χ1n) is 8.69. The smallest absolute Gasteiger partial charge is 0.329 e. The maximum Gasteiger partial charge on any atom is 0.329 e. The van der Waals surface area contributed by atoms with Crippen LogP contribution in [0.1, 0.15) is 17.2 Å². The van der Waals surface area contributed by atoms with Gasteiger partial charge in [0, 0.05) is 11.6 Å². The lowest BCUT2D eigenvalue weighted by Crippen LogP contribution is -2.52. The number of carbonyl (C=O) groups is 3. The van der Waals surface area contributed by atoms with Crippen LogP contribution >= 0.6 is 0 Å². The molecular formula is C20H18N2O6. The summed E-state index contributed by atoms with van der Waals surface area (Å²) in [5, 5.41) is 26.0. The lowest BCUT2D eigenvalue weighted by Gasteiger charge is -2.30. The number of nitrogens with one attached hydrogen (secondary N) is 2. The molecule has 4 atom stereocenters. The van der Waals surface area contributed by atoms with Gasteiger partial charge in [-0.1, -0.05) is 42.5 Å². The topological polar surface area (TPSA) is 125 Å². The fourth-order valence-corrected chi connectivity index (χ4v) is 4.34. The summed E-state index contributed by atoms with van der Waals surface area (Å²) in [4.78, 5) is 37.7. The zero-order chi connectivity index (χ0) is 20.1. The van der Waals surface area contributed by atoms with Gasteiger partial charge in [0.2, 0.25) is 11.8 Å². The van der Waals surface area contributed by atoms with Crippen LogP contribution in [0.3, 0.4) is 0 Å². The molecule has 0 bridgehead atoms. The third kappa shape index (κ3) is 2.31. The lowest BCUT2D eigenvalue weighted by molar-refractivity contribution is -0.149. The van der Waals surface area contributed by atoms with Crippen molar-refractivity contribution in [3.63, 3.8) is 0 Å². The second-order valence-corrected chi connectivity index (χ2v) is 6.86. The number of methoxy groups -OCH3 is 1. The highest BCUT2D eigenvalue weighted by Gasteiger charge is 2.67. The van der Waals surface area contributed by atoms with Crippen molar-refractivity contribution in [2.24, 2.45) is 11.8 Å². The summed E-state index contributed by atoms with van der Waals surface area (Å²) in [6.45, 7) is 0. The number of hydrogen-bond acceptors (Lipinski definition) is 6. The molecule has 2 aliphatic rings. The Labute approximate surface area is 160 Å². The summed E-state index contributed by atoms with van der Waals surface area (Å²) in [5.74, 6) is -4.69. The van der Waals surface area contributed by atoms with Crippen molar-refractivity contribution >= 4 is 17.8 Å². The maximum absolute atomic E-state index is 12.6. The van der Waals surface area contributed by atoms with E-state index in [1.54, 1.807) is 48.5 Å². The van der Waals surface area contributed by atoms with Crippen LogP contribution in [-0.2, 0) is 19.9 Å². The molecule has 0 aliphatic carbocycles. The Bertz CT molecular complexity index is 976. The fraction of sp³-hybridized carbons (Fsp3) is 0.250. The van der Waals surface area contributed by atoms with Crippen LogP contribution in [0.25, 0.3) is 0 Å². The molecule has 8 nitrogen and oxygen atoms in total. The van der Waals surface area contributed by atoms with Gasteiger partial charge in [-0.05, 0) is 11.6 Å². The molecule has 2 amide bonds. The molecule has 2 heterocycles. The number of carboxylic acids is 1. The van der Waals surface area contributed by atoms with Gasteiger partial charge in [-0.3, -0.25) is 20.2 Å². The lowest BCUT2D eigenvalue weighted by atomic mass is 9.75. The SMILES string of the molecule is COc1cccc(C2NC(C(=O)O)(c3ccccc3)C3C(=O)NC(=O)C23)c1O. The monoisotopic (exact) mass is 382 g/mol. The van der Waals surface area contributed by atoms with Crippen LogP contribution in [-0.4, -0.2) is 35.1 Å². The molecule has 28 heavy (non-hydrogen) atoms. The van der Waals surface area contributed by atoms with E-state index in [-0.39, 0.29) is 11.5 Å². The van der Waals surface area contributed by atoms with Crippen molar-refractivity contribution < 1.29 is 29.3 Å². The number of para-hydroxylation sites is 1. The number of amides is 2. The third-order valence-electron chi connectivity index (χ3n) is 5.55. The molecule has 0 saturated carbocycles. The number of rotatable bonds is 4. The quantitative estimate of drug-likeness (QED) is 0.579. The van der Waals surface area contributed by atoms with Crippen LogP contribution in [0.5, 0.6) is 11.5 Å². The first kappa shape index (κ1) is 18.0. The van der Waals surface area contributed by atoms with Crippen molar-refractivity contribution in [3.8, 4) is 11.5 Å². The molecule has 2 saturated heterocycles. The molecule has 4 rings (SSSR count). The number of carbonyl (C=O) groups excluding carboxylic acids is 2. The highest BCUT2D eigenvalue weighted by Crippen LogP contribution is 2.52.